The Morgan fingerprint density at radius 3 is 2.41 bits per heavy atom. The molecule has 1 aromatic heterocycles. The van der Waals surface area contributed by atoms with Crippen LogP contribution < -0.4 is 15.5 Å². The number of amides is 2. The van der Waals surface area contributed by atoms with Crippen molar-refractivity contribution in [2.45, 2.75) is 26.7 Å². The second-order valence-corrected chi connectivity index (χ2v) is 7.73. The molecule has 8 heteroatoms. The molecule has 1 saturated heterocycles. The molecule has 3 rings (SSSR count). The van der Waals surface area contributed by atoms with Gasteiger partial charge in [0.1, 0.15) is 5.56 Å². The minimum absolute atomic E-state index is 0.0320. The van der Waals surface area contributed by atoms with Crippen molar-refractivity contribution < 1.29 is 14.1 Å². The first-order valence-corrected chi connectivity index (χ1v) is 9.93. The van der Waals surface area contributed by atoms with Gasteiger partial charge in [0.2, 0.25) is 5.91 Å². The highest BCUT2D eigenvalue weighted by Gasteiger charge is 2.22. The van der Waals surface area contributed by atoms with Crippen molar-refractivity contribution in [3.63, 3.8) is 0 Å². The van der Waals surface area contributed by atoms with Crippen molar-refractivity contribution in [2.24, 2.45) is 0 Å². The summed E-state index contributed by atoms with van der Waals surface area (Å²) in [7, 11) is 2.13. The first-order valence-electron chi connectivity index (χ1n) is 9.93. The lowest BCUT2D eigenvalue weighted by atomic mass is 10.0. The largest absolute Gasteiger partial charge is 0.369 e. The highest BCUT2D eigenvalue weighted by molar-refractivity contribution is 6.00. The van der Waals surface area contributed by atoms with Crippen molar-refractivity contribution >= 4 is 23.2 Å². The lowest BCUT2D eigenvalue weighted by Crippen LogP contribution is -2.44. The maximum Gasteiger partial charge on any atom is 0.257 e. The van der Waals surface area contributed by atoms with Crippen LogP contribution in [0.5, 0.6) is 0 Å². The number of nitrogens with zero attached hydrogens (tertiary/aromatic N) is 3. The number of hydrogen-bond donors (Lipinski definition) is 2. The Balaban J connectivity index is 1.52. The third kappa shape index (κ3) is 5.14. The third-order valence-electron chi connectivity index (χ3n) is 5.07. The van der Waals surface area contributed by atoms with Crippen molar-refractivity contribution in [1.82, 2.24) is 15.4 Å². The highest BCUT2D eigenvalue weighted by atomic mass is 16.5. The SMILES string of the molecule is Cc1noc(C(C)C)c1C(=O)NCC(=O)Nc1ccc(N2CCN(C)CC2)cc1. The third-order valence-corrected chi connectivity index (χ3v) is 5.07. The van der Waals surface area contributed by atoms with Crippen LogP contribution in [0.15, 0.2) is 28.8 Å². The minimum Gasteiger partial charge on any atom is -0.369 e. The summed E-state index contributed by atoms with van der Waals surface area (Å²) >= 11 is 0. The monoisotopic (exact) mass is 399 g/mol. The predicted octanol–water partition coefficient (Wildman–Crippen LogP) is 2.23. The van der Waals surface area contributed by atoms with Gasteiger partial charge < -0.3 is 25.0 Å². The lowest BCUT2D eigenvalue weighted by molar-refractivity contribution is -0.115. The van der Waals surface area contributed by atoms with Gasteiger partial charge in [-0.05, 0) is 38.2 Å². The number of benzene rings is 1. The number of nitrogens with one attached hydrogen (secondary N) is 2. The lowest BCUT2D eigenvalue weighted by Gasteiger charge is -2.34. The van der Waals surface area contributed by atoms with Gasteiger partial charge in [-0.15, -0.1) is 0 Å². The molecule has 8 nitrogen and oxygen atoms in total. The fourth-order valence-corrected chi connectivity index (χ4v) is 3.33. The second kappa shape index (κ2) is 9.09. The number of carbonyl (C=O) groups excluding carboxylic acids is 2. The van der Waals surface area contributed by atoms with Crippen LogP contribution in [0.1, 0.15) is 41.6 Å². The van der Waals surface area contributed by atoms with E-state index in [1.165, 1.54) is 0 Å². The standard InChI is InChI=1S/C21H29N5O3/c1-14(2)20-19(15(3)24-29-20)21(28)22-13-18(27)23-16-5-7-17(8-6-16)26-11-9-25(4)10-12-26/h5-8,14H,9-13H2,1-4H3,(H,22,28)(H,23,27). The molecular formula is C21H29N5O3. The Kier molecular flexibility index (Phi) is 6.53. The summed E-state index contributed by atoms with van der Waals surface area (Å²) in [6.07, 6.45) is 0. The summed E-state index contributed by atoms with van der Waals surface area (Å²) in [5, 5.41) is 9.32. The molecule has 0 bridgehead atoms. The zero-order valence-electron chi connectivity index (χ0n) is 17.5. The first-order chi connectivity index (χ1) is 13.8. The van der Waals surface area contributed by atoms with Gasteiger partial charge in [0.25, 0.3) is 5.91 Å². The Bertz CT molecular complexity index is 852. The van der Waals surface area contributed by atoms with Gasteiger partial charge in [0.05, 0.1) is 12.2 Å². The van der Waals surface area contributed by atoms with Gasteiger partial charge in [-0.3, -0.25) is 9.59 Å². The number of likely N-dealkylation sites (N-methyl/N-ethyl adjacent to an activating group) is 1. The first kappa shape index (κ1) is 20.9. The summed E-state index contributed by atoms with van der Waals surface area (Å²) in [6.45, 7) is 9.52. The van der Waals surface area contributed by atoms with Crippen molar-refractivity contribution in [2.75, 3.05) is 50.0 Å². The van der Waals surface area contributed by atoms with Gasteiger partial charge in [-0.1, -0.05) is 19.0 Å². The molecule has 0 saturated carbocycles. The van der Waals surface area contributed by atoms with Crippen LogP contribution in [0.25, 0.3) is 0 Å². The fraction of sp³-hybridized carbons (Fsp3) is 0.476. The van der Waals surface area contributed by atoms with Crippen LogP contribution in [-0.4, -0.2) is 61.6 Å². The van der Waals surface area contributed by atoms with E-state index in [-0.39, 0.29) is 24.3 Å². The number of carbonyl (C=O) groups is 2. The molecule has 1 aliphatic heterocycles. The van der Waals surface area contributed by atoms with E-state index in [0.29, 0.717) is 22.7 Å². The molecule has 0 unspecified atom stereocenters. The van der Waals surface area contributed by atoms with Crippen LogP contribution in [-0.2, 0) is 4.79 Å². The van der Waals surface area contributed by atoms with Crippen molar-refractivity contribution in [3.8, 4) is 0 Å². The molecule has 1 aliphatic rings. The van der Waals surface area contributed by atoms with Crippen LogP contribution in [0, 0.1) is 6.92 Å². The van der Waals surface area contributed by atoms with E-state index in [1.54, 1.807) is 6.92 Å². The maximum atomic E-state index is 12.5. The molecule has 0 radical (unpaired) electrons. The van der Waals surface area contributed by atoms with Crippen molar-refractivity contribution in [3.05, 3.63) is 41.3 Å². The van der Waals surface area contributed by atoms with Gasteiger partial charge in [-0.25, -0.2) is 0 Å². The van der Waals surface area contributed by atoms with Crippen LogP contribution in [0.4, 0.5) is 11.4 Å². The number of aryl methyl sites for hydroxylation is 1. The topological polar surface area (TPSA) is 90.7 Å². The smallest absolute Gasteiger partial charge is 0.257 e. The summed E-state index contributed by atoms with van der Waals surface area (Å²) < 4.78 is 5.23. The summed E-state index contributed by atoms with van der Waals surface area (Å²) in [6, 6.07) is 7.78. The van der Waals surface area contributed by atoms with E-state index in [1.807, 2.05) is 38.1 Å². The molecule has 2 amide bonds. The van der Waals surface area contributed by atoms with Gasteiger partial charge in [0.15, 0.2) is 5.76 Å². The fourth-order valence-electron chi connectivity index (χ4n) is 3.33. The zero-order valence-corrected chi connectivity index (χ0v) is 17.5. The Morgan fingerprint density at radius 1 is 1.14 bits per heavy atom. The molecule has 0 atom stereocenters. The predicted molar refractivity (Wildman–Crippen MR) is 112 cm³/mol. The zero-order chi connectivity index (χ0) is 21.0. The minimum atomic E-state index is -0.354. The Hall–Kier alpha value is -2.87. The average Bonchev–Trinajstić information content (AvgIpc) is 3.09. The number of piperazine rings is 1. The molecule has 156 valence electrons. The molecule has 1 fully saturated rings. The quantitative estimate of drug-likeness (QED) is 0.774. The van der Waals surface area contributed by atoms with Gasteiger partial charge >= 0.3 is 0 Å². The Labute approximate surface area is 171 Å². The molecule has 2 aromatic rings. The van der Waals surface area contributed by atoms with Crippen LogP contribution in [0.2, 0.25) is 0 Å². The molecule has 1 aromatic carbocycles. The van der Waals surface area contributed by atoms with E-state index in [4.69, 9.17) is 4.52 Å². The molecular weight excluding hydrogens is 370 g/mol. The molecule has 0 aliphatic carbocycles. The average molecular weight is 399 g/mol. The number of anilines is 2. The van der Waals surface area contributed by atoms with Gasteiger partial charge in [-0.2, -0.15) is 0 Å². The summed E-state index contributed by atoms with van der Waals surface area (Å²) in [5.41, 5.74) is 2.77. The Morgan fingerprint density at radius 2 is 1.79 bits per heavy atom. The number of aromatic nitrogens is 1. The summed E-state index contributed by atoms with van der Waals surface area (Å²) in [4.78, 5) is 29.3. The number of rotatable bonds is 6. The van der Waals surface area contributed by atoms with E-state index in [9.17, 15) is 9.59 Å². The molecule has 2 N–H and O–H groups in total. The van der Waals surface area contributed by atoms with Crippen LogP contribution in [0.3, 0.4) is 0 Å². The van der Waals surface area contributed by atoms with Crippen LogP contribution >= 0.6 is 0 Å². The molecule has 2 heterocycles. The van der Waals surface area contributed by atoms with Crippen molar-refractivity contribution in [1.29, 1.82) is 0 Å². The van der Waals surface area contributed by atoms with E-state index < -0.39 is 0 Å². The molecule has 29 heavy (non-hydrogen) atoms. The van der Waals surface area contributed by atoms with Gasteiger partial charge in [0, 0.05) is 43.5 Å². The summed E-state index contributed by atoms with van der Waals surface area (Å²) in [5.74, 6) is -0.0802. The normalized spacial score (nSPS) is 14.9. The van der Waals surface area contributed by atoms with E-state index in [0.717, 1.165) is 31.9 Å². The maximum absolute atomic E-state index is 12.5. The number of hydrogen-bond acceptors (Lipinski definition) is 6. The highest BCUT2D eigenvalue weighted by Crippen LogP contribution is 2.22. The van der Waals surface area contributed by atoms with E-state index in [2.05, 4.69) is 32.6 Å². The molecule has 0 spiro atoms. The second-order valence-electron chi connectivity index (χ2n) is 7.73. The van der Waals surface area contributed by atoms with E-state index >= 15 is 0 Å².